The molecule has 5 nitrogen and oxygen atoms in total. The van der Waals surface area contributed by atoms with E-state index in [2.05, 4.69) is 44.6 Å². The van der Waals surface area contributed by atoms with Gasteiger partial charge in [-0.2, -0.15) is 11.8 Å². The highest BCUT2D eigenvalue weighted by atomic mass is 35.5. The molecule has 0 atom stereocenters. The van der Waals surface area contributed by atoms with Gasteiger partial charge in [0, 0.05) is 35.5 Å². The maximum absolute atomic E-state index is 6.48. The summed E-state index contributed by atoms with van der Waals surface area (Å²) in [6.45, 7) is 4.01. The molecule has 3 heterocycles. The minimum Gasteiger partial charge on any atom is -0.340 e. The van der Waals surface area contributed by atoms with Gasteiger partial charge in [0.25, 0.3) is 0 Å². The zero-order valence-electron chi connectivity index (χ0n) is 14.9. The van der Waals surface area contributed by atoms with Crippen molar-refractivity contribution in [2.45, 2.75) is 6.92 Å². The molecule has 0 unspecified atom stereocenters. The number of thioether (sulfide) groups is 1. The number of rotatable bonds is 2. The van der Waals surface area contributed by atoms with Crippen LogP contribution in [0.4, 0.5) is 5.95 Å². The minimum absolute atomic E-state index is 0.663. The summed E-state index contributed by atoms with van der Waals surface area (Å²) in [4.78, 5) is 7.34. The predicted octanol–water partition coefficient (Wildman–Crippen LogP) is 4.46. The molecule has 136 valence electrons. The van der Waals surface area contributed by atoms with Crippen LogP contribution in [0.3, 0.4) is 0 Å². The second kappa shape index (κ2) is 6.69. The van der Waals surface area contributed by atoms with Crippen molar-refractivity contribution in [1.29, 1.82) is 0 Å². The fourth-order valence-corrected chi connectivity index (χ4v) is 4.65. The van der Waals surface area contributed by atoms with E-state index in [9.17, 15) is 0 Å². The molecular weight excluding hydrogens is 378 g/mol. The molecule has 0 radical (unpaired) electrons. The van der Waals surface area contributed by atoms with Crippen LogP contribution in [0.25, 0.3) is 27.9 Å². The second-order valence-corrected chi connectivity index (χ2v) is 8.33. The standard InChI is InChI=1S/C20H18ClN5S/c1-13-6-7-17-15(12-13)19-24-23-18(14-4-2-3-5-16(14)21)26(19)20(22-17)25-8-10-27-11-9-25/h2-7,12H,8-11H2,1H3. The molecule has 27 heavy (non-hydrogen) atoms. The first-order chi connectivity index (χ1) is 13.2. The van der Waals surface area contributed by atoms with Crippen molar-refractivity contribution in [3.63, 3.8) is 0 Å². The molecular formula is C20H18ClN5S. The molecule has 0 spiro atoms. The molecule has 4 aromatic rings. The summed E-state index contributed by atoms with van der Waals surface area (Å²) < 4.78 is 2.07. The highest BCUT2D eigenvalue weighted by Gasteiger charge is 2.22. The predicted molar refractivity (Wildman–Crippen MR) is 113 cm³/mol. The first-order valence-electron chi connectivity index (χ1n) is 8.95. The van der Waals surface area contributed by atoms with Gasteiger partial charge < -0.3 is 4.90 Å². The van der Waals surface area contributed by atoms with E-state index in [1.807, 2.05) is 36.0 Å². The Labute approximate surface area is 166 Å². The van der Waals surface area contributed by atoms with Crippen LogP contribution in [0, 0.1) is 6.92 Å². The zero-order chi connectivity index (χ0) is 18.4. The Morgan fingerprint density at radius 3 is 2.67 bits per heavy atom. The lowest BCUT2D eigenvalue weighted by Crippen LogP contribution is -2.34. The molecule has 1 saturated heterocycles. The average Bonchev–Trinajstić information content (AvgIpc) is 3.14. The third-order valence-electron chi connectivity index (χ3n) is 4.89. The third-order valence-corrected chi connectivity index (χ3v) is 6.16. The summed E-state index contributed by atoms with van der Waals surface area (Å²) in [5.74, 6) is 3.82. The minimum atomic E-state index is 0.663. The Morgan fingerprint density at radius 1 is 1.04 bits per heavy atom. The Hall–Kier alpha value is -2.31. The number of aromatic nitrogens is 4. The van der Waals surface area contributed by atoms with Crippen molar-refractivity contribution in [3.8, 4) is 11.4 Å². The van der Waals surface area contributed by atoms with Crippen LogP contribution in [0.15, 0.2) is 42.5 Å². The van der Waals surface area contributed by atoms with E-state index in [0.29, 0.717) is 5.02 Å². The Balaban J connectivity index is 1.86. The van der Waals surface area contributed by atoms with Gasteiger partial charge in [0.05, 0.1) is 10.5 Å². The number of fused-ring (bicyclic) bond motifs is 3. The molecule has 1 aliphatic rings. The largest absolute Gasteiger partial charge is 0.340 e. The first-order valence-corrected chi connectivity index (χ1v) is 10.5. The first kappa shape index (κ1) is 16.8. The summed E-state index contributed by atoms with van der Waals surface area (Å²) in [6, 6.07) is 14.0. The fourth-order valence-electron chi connectivity index (χ4n) is 3.52. The number of benzene rings is 2. The highest BCUT2D eigenvalue weighted by molar-refractivity contribution is 7.99. The van der Waals surface area contributed by atoms with Gasteiger partial charge in [0.2, 0.25) is 5.95 Å². The van der Waals surface area contributed by atoms with E-state index in [-0.39, 0.29) is 0 Å². The maximum Gasteiger partial charge on any atom is 0.213 e. The van der Waals surface area contributed by atoms with Crippen molar-refractivity contribution < 1.29 is 0 Å². The van der Waals surface area contributed by atoms with Gasteiger partial charge in [-0.25, -0.2) is 9.38 Å². The van der Waals surface area contributed by atoms with Crippen LogP contribution in [0.2, 0.25) is 5.02 Å². The lowest BCUT2D eigenvalue weighted by molar-refractivity contribution is 0.808. The molecule has 1 aliphatic heterocycles. The van der Waals surface area contributed by atoms with Crippen LogP contribution in [-0.2, 0) is 0 Å². The Bertz CT molecular complexity index is 1150. The van der Waals surface area contributed by atoms with Crippen LogP contribution in [0.5, 0.6) is 0 Å². The third kappa shape index (κ3) is 2.84. The van der Waals surface area contributed by atoms with Crippen LogP contribution < -0.4 is 4.90 Å². The van der Waals surface area contributed by atoms with Crippen LogP contribution in [-0.4, -0.2) is 44.2 Å². The molecule has 0 saturated carbocycles. The summed E-state index contributed by atoms with van der Waals surface area (Å²) in [6.07, 6.45) is 0. The maximum atomic E-state index is 6.48. The van der Waals surface area contributed by atoms with Gasteiger partial charge in [0.1, 0.15) is 0 Å². The molecule has 0 N–H and O–H groups in total. The van der Waals surface area contributed by atoms with Gasteiger partial charge in [-0.1, -0.05) is 35.4 Å². The molecule has 1 fully saturated rings. The Morgan fingerprint density at radius 2 is 1.85 bits per heavy atom. The zero-order valence-corrected chi connectivity index (χ0v) is 16.5. The molecule has 7 heteroatoms. The number of nitrogens with zero attached hydrogens (tertiary/aromatic N) is 5. The van der Waals surface area contributed by atoms with Crippen molar-refractivity contribution in [2.75, 3.05) is 29.5 Å². The number of anilines is 1. The molecule has 2 aromatic heterocycles. The molecule has 0 aliphatic carbocycles. The lowest BCUT2D eigenvalue weighted by Gasteiger charge is -2.28. The normalized spacial score (nSPS) is 15.0. The van der Waals surface area contributed by atoms with Crippen molar-refractivity contribution in [2.24, 2.45) is 0 Å². The van der Waals surface area contributed by atoms with E-state index in [4.69, 9.17) is 16.6 Å². The Kier molecular flexibility index (Phi) is 4.17. The van der Waals surface area contributed by atoms with E-state index in [1.165, 1.54) is 5.56 Å². The van der Waals surface area contributed by atoms with Gasteiger partial charge >= 0.3 is 0 Å². The van der Waals surface area contributed by atoms with Gasteiger partial charge in [0.15, 0.2) is 11.5 Å². The summed E-state index contributed by atoms with van der Waals surface area (Å²) in [5, 5.41) is 10.7. The van der Waals surface area contributed by atoms with Gasteiger partial charge in [-0.3, -0.25) is 0 Å². The second-order valence-electron chi connectivity index (χ2n) is 6.69. The van der Waals surface area contributed by atoms with Gasteiger partial charge in [-0.05, 0) is 31.2 Å². The van der Waals surface area contributed by atoms with Gasteiger partial charge in [-0.15, -0.1) is 10.2 Å². The van der Waals surface area contributed by atoms with Crippen LogP contribution >= 0.6 is 23.4 Å². The summed E-state index contributed by atoms with van der Waals surface area (Å²) >= 11 is 8.46. The summed E-state index contributed by atoms with van der Waals surface area (Å²) in [5.41, 5.74) is 3.81. The number of aryl methyl sites for hydroxylation is 1. The lowest BCUT2D eigenvalue weighted by atomic mass is 10.1. The number of halogens is 1. The molecule has 0 amide bonds. The quantitative estimate of drug-likeness (QED) is 0.501. The number of hydrogen-bond donors (Lipinski definition) is 0. The van der Waals surface area contributed by atoms with E-state index >= 15 is 0 Å². The van der Waals surface area contributed by atoms with Crippen molar-refractivity contribution in [3.05, 3.63) is 53.1 Å². The van der Waals surface area contributed by atoms with E-state index in [1.54, 1.807) is 0 Å². The molecule has 2 aromatic carbocycles. The van der Waals surface area contributed by atoms with Crippen LogP contribution in [0.1, 0.15) is 5.56 Å². The van der Waals surface area contributed by atoms with Crippen molar-refractivity contribution in [1.82, 2.24) is 19.6 Å². The molecule has 0 bridgehead atoms. The SMILES string of the molecule is Cc1ccc2nc(N3CCSCC3)n3c(-c4ccccc4Cl)nnc3c2c1. The number of hydrogen-bond acceptors (Lipinski definition) is 5. The fraction of sp³-hybridized carbons (Fsp3) is 0.250. The highest BCUT2D eigenvalue weighted by Crippen LogP contribution is 2.32. The monoisotopic (exact) mass is 395 g/mol. The average molecular weight is 396 g/mol. The van der Waals surface area contributed by atoms with E-state index in [0.717, 1.165) is 58.5 Å². The molecule has 5 rings (SSSR count). The van der Waals surface area contributed by atoms with E-state index < -0.39 is 0 Å². The van der Waals surface area contributed by atoms with Crippen molar-refractivity contribution >= 4 is 45.9 Å². The summed E-state index contributed by atoms with van der Waals surface area (Å²) in [7, 11) is 0. The smallest absolute Gasteiger partial charge is 0.213 e. The topological polar surface area (TPSA) is 46.3 Å².